The number of hydrogen-bond donors (Lipinski definition) is 1. The highest BCUT2D eigenvalue weighted by Crippen LogP contribution is 2.01. The summed E-state index contributed by atoms with van der Waals surface area (Å²) in [6, 6.07) is 0. The summed E-state index contributed by atoms with van der Waals surface area (Å²) in [7, 11) is 0. The molecule has 0 aromatic heterocycles. The normalized spacial score (nSPS) is 12.9. The van der Waals surface area contributed by atoms with Gasteiger partial charge >= 0.3 is 5.97 Å². The van der Waals surface area contributed by atoms with Crippen molar-refractivity contribution in [1.29, 1.82) is 0 Å². The standard InChI is InChI=1S/C9H16O4/c1-6(2)5-13-7(3)8(10)4-9(11)12/h6-7H,4-5H2,1-3H3,(H,11,12). The van der Waals surface area contributed by atoms with Gasteiger partial charge in [0.25, 0.3) is 0 Å². The Hall–Kier alpha value is -0.900. The molecule has 0 aliphatic rings. The molecule has 4 nitrogen and oxygen atoms in total. The summed E-state index contributed by atoms with van der Waals surface area (Å²) in [5, 5.41) is 8.33. The summed E-state index contributed by atoms with van der Waals surface area (Å²) in [6.07, 6.45) is -1.07. The van der Waals surface area contributed by atoms with Gasteiger partial charge in [0.1, 0.15) is 12.5 Å². The van der Waals surface area contributed by atoms with Gasteiger partial charge in [-0.1, -0.05) is 13.8 Å². The molecule has 0 fully saturated rings. The second-order valence-corrected chi connectivity index (χ2v) is 3.41. The van der Waals surface area contributed by atoms with Crippen molar-refractivity contribution in [3.8, 4) is 0 Å². The SMILES string of the molecule is CC(C)COC(C)C(=O)CC(=O)O. The van der Waals surface area contributed by atoms with E-state index in [2.05, 4.69) is 0 Å². The maximum Gasteiger partial charge on any atom is 0.310 e. The molecule has 0 aliphatic carbocycles. The van der Waals surface area contributed by atoms with E-state index < -0.39 is 18.5 Å². The van der Waals surface area contributed by atoms with Crippen LogP contribution in [0.5, 0.6) is 0 Å². The number of ether oxygens (including phenoxy) is 1. The summed E-state index contributed by atoms with van der Waals surface area (Å²) >= 11 is 0. The van der Waals surface area contributed by atoms with Crippen LogP contribution in [0.15, 0.2) is 0 Å². The van der Waals surface area contributed by atoms with E-state index in [9.17, 15) is 9.59 Å². The molecule has 0 amide bonds. The van der Waals surface area contributed by atoms with Crippen molar-refractivity contribution in [2.24, 2.45) is 5.92 Å². The number of carboxylic acids is 1. The van der Waals surface area contributed by atoms with Gasteiger partial charge in [-0.15, -0.1) is 0 Å². The van der Waals surface area contributed by atoms with Gasteiger partial charge in [-0.3, -0.25) is 9.59 Å². The average molecular weight is 188 g/mol. The Kier molecular flexibility index (Phi) is 5.30. The summed E-state index contributed by atoms with van der Waals surface area (Å²) in [5.41, 5.74) is 0. The van der Waals surface area contributed by atoms with E-state index in [1.165, 1.54) is 0 Å². The molecule has 0 rings (SSSR count). The second kappa shape index (κ2) is 5.70. The maximum absolute atomic E-state index is 11.1. The highest BCUT2D eigenvalue weighted by Gasteiger charge is 2.16. The Morgan fingerprint density at radius 2 is 1.85 bits per heavy atom. The van der Waals surface area contributed by atoms with Crippen molar-refractivity contribution in [1.82, 2.24) is 0 Å². The lowest BCUT2D eigenvalue weighted by Gasteiger charge is -2.12. The maximum atomic E-state index is 11.1. The van der Waals surface area contributed by atoms with Gasteiger partial charge in [0.15, 0.2) is 5.78 Å². The van der Waals surface area contributed by atoms with Crippen LogP contribution in [0.2, 0.25) is 0 Å². The van der Waals surface area contributed by atoms with E-state index in [0.29, 0.717) is 12.5 Å². The molecule has 1 atom stereocenters. The molecule has 0 saturated carbocycles. The first-order chi connectivity index (χ1) is 5.93. The largest absolute Gasteiger partial charge is 0.481 e. The summed E-state index contributed by atoms with van der Waals surface area (Å²) < 4.78 is 5.15. The summed E-state index contributed by atoms with van der Waals surface area (Å²) in [4.78, 5) is 21.2. The van der Waals surface area contributed by atoms with Crippen molar-refractivity contribution in [3.63, 3.8) is 0 Å². The smallest absolute Gasteiger partial charge is 0.310 e. The van der Waals surface area contributed by atoms with Crippen LogP contribution in [0.3, 0.4) is 0 Å². The van der Waals surface area contributed by atoms with Gasteiger partial charge < -0.3 is 9.84 Å². The molecular formula is C9H16O4. The minimum Gasteiger partial charge on any atom is -0.481 e. The van der Waals surface area contributed by atoms with Crippen molar-refractivity contribution in [2.45, 2.75) is 33.3 Å². The van der Waals surface area contributed by atoms with Crippen molar-refractivity contribution < 1.29 is 19.4 Å². The highest BCUT2D eigenvalue weighted by atomic mass is 16.5. The van der Waals surface area contributed by atoms with Crippen LogP contribution in [0.4, 0.5) is 0 Å². The molecule has 0 heterocycles. The predicted molar refractivity (Wildman–Crippen MR) is 47.5 cm³/mol. The first-order valence-corrected chi connectivity index (χ1v) is 4.29. The van der Waals surface area contributed by atoms with E-state index in [1.54, 1.807) is 6.92 Å². The molecule has 1 unspecified atom stereocenters. The van der Waals surface area contributed by atoms with Crippen LogP contribution in [0.1, 0.15) is 27.2 Å². The van der Waals surface area contributed by atoms with Crippen LogP contribution in [-0.2, 0) is 14.3 Å². The third-order valence-corrected chi connectivity index (χ3v) is 1.46. The molecule has 13 heavy (non-hydrogen) atoms. The van der Waals surface area contributed by atoms with E-state index >= 15 is 0 Å². The molecule has 0 spiro atoms. The predicted octanol–water partition coefficient (Wildman–Crippen LogP) is 1.09. The Morgan fingerprint density at radius 3 is 2.23 bits per heavy atom. The lowest BCUT2D eigenvalue weighted by Crippen LogP contribution is -2.24. The topological polar surface area (TPSA) is 63.6 Å². The van der Waals surface area contributed by atoms with Gasteiger partial charge in [0.2, 0.25) is 0 Å². The fraction of sp³-hybridized carbons (Fsp3) is 0.778. The minimum absolute atomic E-state index is 0.347. The summed E-state index contributed by atoms with van der Waals surface area (Å²) in [5.74, 6) is -1.14. The number of rotatable bonds is 6. The lowest BCUT2D eigenvalue weighted by molar-refractivity contribution is -0.143. The van der Waals surface area contributed by atoms with Crippen LogP contribution >= 0.6 is 0 Å². The molecule has 1 N–H and O–H groups in total. The third kappa shape index (κ3) is 6.28. The number of carbonyl (C=O) groups excluding carboxylic acids is 1. The van der Waals surface area contributed by atoms with E-state index in [4.69, 9.17) is 9.84 Å². The molecule has 4 heteroatoms. The average Bonchev–Trinajstić information content (AvgIpc) is 1.98. The van der Waals surface area contributed by atoms with Gasteiger partial charge in [0.05, 0.1) is 0 Å². The zero-order valence-electron chi connectivity index (χ0n) is 8.24. The van der Waals surface area contributed by atoms with Crippen LogP contribution in [-0.4, -0.2) is 29.6 Å². The number of carboxylic acid groups (broad SMARTS) is 1. The lowest BCUT2D eigenvalue weighted by atomic mass is 10.2. The number of Topliss-reactive ketones (excluding diaryl/α,β-unsaturated/α-hetero) is 1. The van der Waals surface area contributed by atoms with E-state index in [0.717, 1.165) is 0 Å². The zero-order valence-corrected chi connectivity index (χ0v) is 8.24. The van der Waals surface area contributed by atoms with Crippen LogP contribution in [0.25, 0.3) is 0 Å². The second-order valence-electron chi connectivity index (χ2n) is 3.41. The Bertz CT molecular complexity index is 186. The van der Waals surface area contributed by atoms with Gasteiger partial charge in [-0.25, -0.2) is 0 Å². The highest BCUT2D eigenvalue weighted by molar-refractivity contribution is 5.97. The van der Waals surface area contributed by atoms with Gasteiger partial charge in [-0.2, -0.15) is 0 Å². The molecule has 0 aliphatic heterocycles. The van der Waals surface area contributed by atoms with E-state index in [1.807, 2.05) is 13.8 Å². The number of ketones is 1. The quantitative estimate of drug-likeness (QED) is 0.634. The number of aliphatic carboxylic acids is 1. The first-order valence-electron chi connectivity index (χ1n) is 4.29. The molecular weight excluding hydrogens is 172 g/mol. The minimum atomic E-state index is -1.11. The van der Waals surface area contributed by atoms with Crippen molar-refractivity contribution in [2.75, 3.05) is 6.61 Å². The first kappa shape index (κ1) is 12.1. The van der Waals surface area contributed by atoms with Gasteiger partial charge in [-0.05, 0) is 12.8 Å². The van der Waals surface area contributed by atoms with Crippen LogP contribution in [0, 0.1) is 5.92 Å². The Morgan fingerprint density at radius 1 is 1.31 bits per heavy atom. The zero-order chi connectivity index (χ0) is 10.4. The van der Waals surface area contributed by atoms with Crippen LogP contribution < -0.4 is 0 Å². The molecule has 76 valence electrons. The van der Waals surface area contributed by atoms with E-state index in [-0.39, 0.29) is 5.78 Å². The fourth-order valence-electron chi connectivity index (χ4n) is 0.723. The third-order valence-electron chi connectivity index (χ3n) is 1.46. The monoisotopic (exact) mass is 188 g/mol. The molecule has 0 bridgehead atoms. The molecule has 0 aromatic rings. The van der Waals surface area contributed by atoms with Gasteiger partial charge in [0, 0.05) is 6.61 Å². The number of carbonyl (C=O) groups is 2. The molecule has 0 saturated heterocycles. The molecule has 0 aromatic carbocycles. The Labute approximate surface area is 77.9 Å². The molecule has 0 radical (unpaired) electrons. The fourth-order valence-corrected chi connectivity index (χ4v) is 0.723. The number of hydrogen-bond acceptors (Lipinski definition) is 3. The Balaban J connectivity index is 3.76. The van der Waals surface area contributed by atoms with Crippen molar-refractivity contribution in [3.05, 3.63) is 0 Å². The van der Waals surface area contributed by atoms with Crippen molar-refractivity contribution >= 4 is 11.8 Å². The summed E-state index contributed by atoms with van der Waals surface area (Å²) in [6.45, 7) is 5.99.